The zero-order chi connectivity index (χ0) is 8.67. The lowest BCUT2D eigenvalue weighted by Crippen LogP contribution is -2.34. The minimum absolute atomic E-state index is 0.534. The molecule has 1 aliphatic rings. The van der Waals surface area contributed by atoms with Gasteiger partial charge in [-0.25, -0.2) is 4.98 Å². The van der Waals surface area contributed by atoms with Crippen molar-refractivity contribution in [1.82, 2.24) is 15.3 Å². The van der Waals surface area contributed by atoms with Crippen molar-refractivity contribution in [2.24, 2.45) is 0 Å². The van der Waals surface area contributed by atoms with E-state index in [9.17, 15) is 0 Å². The molecule has 2 aromatic heterocycles. The molecule has 2 aromatic rings. The number of H-pyrrole nitrogens is 1. The lowest BCUT2D eigenvalue weighted by Gasteiger charge is -2.27. The summed E-state index contributed by atoms with van der Waals surface area (Å²) in [5, 5.41) is 4.57. The van der Waals surface area contributed by atoms with E-state index < -0.39 is 0 Å². The van der Waals surface area contributed by atoms with Crippen LogP contribution >= 0.6 is 0 Å². The number of rotatable bonds is 1. The zero-order valence-corrected chi connectivity index (χ0v) is 7.25. The molecule has 3 nitrogen and oxygen atoms in total. The van der Waals surface area contributed by atoms with Gasteiger partial charge >= 0.3 is 0 Å². The molecular formula is C10H11N3. The number of hydrogen-bond acceptors (Lipinski definition) is 2. The summed E-state index contributed by atoms with van der Waals surface area (Å²) < 4.78 is 0. The number of aromatic nitrogens is 2. The molecule has 1 fully saturated rings. The number of fused-ring (bicyclic) bond motifs is 1. The Morgan fingerprint density at radius 2 is 2.38 bits per heavy atom. The van der Waals surface area contributed by atoms with Gasteiger partial charge in [-0.1, -0.05) is 0 Å². The van der Waals surface area contributed by atoms with Crippen molar-refractivity contribution in [3.8, 4) is 0 Å². The molecule has 1 atom stereocenters. The van der Waals surface area contributed by atoms with Crippen LogP contribution in [0.3, 0.4) is 0 Å². The first-order valence-corrected chi connectivity index (χ1v) is 4.60. The van der Waals surface area contributed by atoms with E-state index in [0.717, 1.165) is 12.2 Å². The Bertz CT molecular complexity index is 428. The Balaban J connectivity index is 2.09. The maximum atomic E-state index is 4.35. The molecule has 3 rings (SSSR count). The molecule has 0 bridgehead atoms. The highest BCUT2D eigenvalue weighted by molar-refractivity contribution is 5.75. The normalized spacial score (nSPS) is 21.7. The van der Waals surface area contributed by atoms with Crippen LogP contribution in [0.5, 0.6) is 0 Å². The van der Waals surface area contributed by atoms with Crippen LogP contribution in [-0.4, -0.2) is 16.5 Å². The molecule has 0 aromatic carbocycles. The number of nitrogens with one attached hydrogen (secondary N) is 2. The Morgan fingerprint density at radius 1 is 1.46 bits per heavy atom. The second-order valence-corrected chi connectivity index (χ2v) is 3.48. The molecular weight excluding hydrogens is 162 g/mol. The maximum absolute atomic E-state index is 4.35. The van der Waals surface area contributed by atoms with Gasteiger partial charge in [0.25, 0.3) is 0 Å². The monoisotopic (exact) mass is 173 g/mol. The summed E-state index contributed by atoms with van der Waals surface area (Å²) >= 11 is 0. The molecule has 0 amide bonds. The molecule has 13 heavy (non-hydrogen) atoms. The minimum Gasteiger partial charge on any atom is -0.346 e. The highest BCUT2D eigenvalue weighted by Crippen LogP contribution is 2.24. The molecule has 0 spiro atoms. The fourth-order valence-electron chi connectivity index (χ4n) is 1.72. The first kappa shape index (κ1) is 7.09. The van der Waals surface area contributed by atoms with E-state index >= 15 is 0 Å². The van der Waals surface area contributed by atoms with Gasteiger partial charge in [-0.2, -0.15) is 0 Å². The van der Waals surface area contributed by atoms with Gasteiger partial charge in [0.15, 0.2) is 0 Å². The Labute approximate surface area is 76.2 Å². The van der Waals surface area contributed by atoms with Gasteiger partial charge in [-0.15, -0.1) is 0 Å². The molecule has 1 aliphatic heterocycles. The molecule has 0 saturated carbocycles. The van der Waals surface area contributed by atoms with Crippen LogP contribution in [0.1, 0.15) is 18.0 Å². The van der Waals surface area contributed by atoms with Crippen molar-refractivity contribution < 1.29 is 0 Å². The summed E-state index contributed by atoms with van der Waals surface area (Å²) in [6, 6.07) is 4.80. The van der Waals surface area contributed by atoms with Gasteiger partial charge < -0.3 is 10.3 Å². The van der Waals surface area contributed by atoms with Crippen LogP contribution in [0.2, 0.25) is 0 Å². The van der Waals surface area contributed by atoms with Crippen molar-refractivity contribution in [1.29, 1.82) is 0 Å². The third-order valence-corrected chi connectivity index (χ3v) is 2.65. The first-order chi connectivity index (χ1) is 6.43. The summed E-state index contributed by atoms with van der Waals surface area (Å²) in [6.07, 6.45) is 5.11. The van der Waals surface area contributed by atoms with E-state index in [1.807, 2.05) is 12.4 Å². The highest BCUT2D eigenvalue weighted by Gasteiger charge is 2.18. The molecule has 3 heterocycles. The van der Waals surface area contributed by atoms with Crippen molar-refractivity contribution in [2.45, 2.75) is 12.5 Å². The van der Waals surface area contributed by atoms with Gasteiger partial charge in [-0.05, 0) is 30.7 Å². The molecule has 0 aliphatic carbocycles. The quantitative estimate of drug-likeness (QED) is 0.687. The van der Waals surface area contributed by atoms with Crippen molar-refractivity contribution in [3.63, 3.8) is 0 Å². The van der Waals surface area contributed by atoms with E-state index in [-0.39, 0.29) is 0 Å². The SMILES string of the molecule is c1cc2cc([C@@H]3CCN3)cnc2[nH]1. The standard InChI is InChI=1S/C10H11N3/c1-3-12-10-7(1)5-8(6-13-10)9-2-4-11-9/h1,3,5-6,9,11H,2,4H2,(H,12,13)/t9-/m0/s1. The second-order valence-electron chi connectivity index (χ2n) is 3.48. The fraction of sp³-hybridized carbons (Fsp3) is 0.300. The molecule has 66 valence electrons. The Kier molecular flexibility index (Phi) is 1.40. The van der Waals surface area contributed by atoms with E-state index in [1.54, 1.807) is 0 Å². The van der Waals surface area contributed by atoms with Crippen LogP contribution in [0.4, 0.5) is 0 Å². The third-order valence-electron chi connectivity index (χ3n) is 2.65. The molecule has 3 heteroatoms. The van der Waals surface area contributed by atoms with Crippen molar-refractivity contribution in [2.75, 3.05) is 6.54 Å². The van der Waals surface area contributed by atoms with Gasteiger partial charge in [0.05, 0.1) is 0 Å². The number of pyridine rings is 1. The van der Waals surface area contributed by atoms with Crippen LogP contribution in [-0.2, 0) is 0 Å². The predicted molar refractivity (Wildman–Crippen MR) is 51.5 cm³/mol. The summed E-state index contributed by atoms with van der Waals surface area (Å²) in [5.74, 6) is 0. The Hall–Kier alpha value is -1.35. The lowest BCUT2D eigenvalue weighted by atomic mass is 9.99. The molecule has 1 saturated heterocycles. The Morgan fingerprint density at radius 3 is 3.15 bits per heavy atom. The van der Waals surface area contributed by atoms with Crippen LogP contribution < -0.4 is 5.32 Å². The van der Waals surface area contributed by atoms with Gasteiger partial charge in [0.2, 0.25) is 0 Å². The van der Waals surface area contributed by atoms with Gasteiger partial charge in [0, 0.05) is 23.8 Å². The highest BCUT2D eigenvalue weighted by atomic mass is 15.0. The van der Waals surface area contributed by atoms with E-state index in [2.05, 4.69) is 27.4 Å². The van der Waals surface area contributed by atoms with Crippen LogP contribution in [0.15, 0.2) is 24.5 Å². The smallest absolute Gasteiger partial charge is 0.137 e. The van der Waals surface area contributed by atoms with Crippen molar-refractivity contribution >= 4 is 11.0 Å². The van der Waals surface area contributed by atoms with Gasteiger partial charge in [0.1, 0.15) is 5.65 Å². The number of nitrogens with zero attached hydrogens (tertiary/aromatic N) is 1. The summed E-state index contributed by atoms with van der Waals surface area (Å²) in [4.78, 5) is 7.44. The molecule has 0 radical (unpaired) electrons. The first-order valence-electron chi connectivity index (χ1n) is 4.60. The number of aromatic amines is 1. The minimum atomic E-state index is 0.534. The lowest BCUT2D eigenvalue weighted by molar-refractivity contribution is 0.383. The van der Waals surface area contributed by atoms with E-state index in [4.69, 9.17) is 0 Å². The molecule has 2 N–H and O–H groups in total. The predicted octanol–water partition coefficient (Wildman–Crippen LogP) is 1.60. The summed E-state index contributed by atoms with van der Waals surface area (Å²) in [5.41, 5.74) is 2.28. The average Bonchev–Trinajstić information content (AvgIpc) is 2.47. The van der Waals surface area contributed by atoms with Crippen molar-refractivity contribution in [3.05, 3.63) is 30.1 Å². The third kappa shape index (κ3) is 1.04. The molecule has 0 unspecified atom stereocenters. The second kappa shape index (κ2) is 2.57. The van der Waals surface area contributed by atoms with Crippen LogP contribution in [0, 0.1) is 0 Å². The largest absolute Gasteiger partial charge is 0.346 e. The maximum Gasteiger partial charge on any atom is 0.137 e. The van der Waals surface area contributed by atoms with E-state index in [0.29, 0.717) is 6.04 Å². The van der Waals surface area contributed by atoms with Crippen LogP contribution in [0.25, 0.3) is 11.0 Å². The summed E-state index contributed by atoms with van der Waals surface area (Å²) in [7, 11) is 0. The fourth-order valence-corrected chi connectivity index (χ4v) is 1.72. The van der Waals surface area contributed by atoms with E-state index in [1.165, 1.54) is 17.4 Å². The average molecular weight is 173 g/mol. The van der Waals surface area contributed by atoms with Gasteiger partial charge in [-0.3, -0.25) is 0 Å². The summed E-state index contributed by atoms with van der Waals surface area (Å²) in [6.45, 7) is 1.13. The number of hydrogen-bond donors (Lipinski definition) is 2. The topological polar surface area (TPSA) is 40.7 Å². The zero-order valence-electron chi connectivity index (χ0n) is 7.25.